The number of carbonyl (C=O) groups is 1. The molecule has 7 nitrogen and oxygen atoms in total. The van der Waals surface area contributed by atoms with Crippen molar-refractivity contribution in [2.45, 2.75) is 25.3 Å². The van der Waals surface area contributed by atoms with Gasteiger partial charge in [0.05, 0.1) is 6.54 Å². The molecular weight excluding hydrogens is 246 g/mol. The van der Waals surface area contributed by atoms with E-state index in [-0.39, 0.29) is 11.9 Å². The second-order valence-corrected chi connectivity index (χ2v) is 4.72. The van der Waals surface area contributed by atoms with Crippen LogP contribution in [0.25, 0.3) is 0 Å². The number of aryl methyl sites for hydroxylation is 1. The van der Waals surface area contributed by atoms with Gasteiger partial charge in [0, 0.05) is 39.3 Å². The van der Waals surface area contributed by atoms with Gasteiger partial charge in [-0.1, -0.05) is 0 Å². The van der Waals surface area contributed by atoms with E-state index in [4.69, 9.17) is 4.74 Å². The third kappa shape index (κ3) is 4.96. The van der Waals surface area contributed by atoms with Crippen LogP contribution in [0.1, 0.15) is 18.7 Å². The fraction of sp³-hybridized carbons (Fsp3) is 0.750. The molecule has 19 heavy (non-hydrogen) atoms. The average Bonchev–Trinajstić information content (AvgIpc) is 2.82. The number of rotatable bonds is 6. The van der Waals surface area contributed by atoms with Gasteiger partial charge < -0.3 is 15.4 Å². The Balaban J connectivity index is 1.56. The van der Waals surface area contributed by atoms with Crippen LogP contribution in [0.15, 0.2) is 6.33 Å². The predicted octanol–water partition coefficient (Wildman–Crippen LogP) is -0.758. The van der Waals surface area contributed by atoms with Crippen molar-refractivity contribution in [3.63, 3.8) is 0 Å². The van der Waals surface area contributed by atoms with Crippen LogP contribution in [0.5, 0.6) is 0 Å². The van der Waals surface area contributed by atoms with Gasteiger partial charge in [0.1, 0.15) is 6.33 Å². The Morgan fingerprint density at radius 1 is 1.53 bits per heavy atom. The van der Waals surface area contributed by atoms with Crippen LogP contribution in [0.2, 0.25) is 0 Å². The molecule has 106 valence electrons. The fourth-order valence-electron chi connectivity index (χ4n) is 2.02. The summed E-state index contributed by atoms with van der Waals surface area (Å²) < 4.78 is 6.92. The van der Waals surface area contributed by atoms with E-state index < -0.39 is 0 Å². The molecule has 1 saturated heterocycles. The van der Waals surface area contributed by atoms with Gasteiger partial charge in [-0.25, -0.2) is 4.98 Å². The van der Waals surface area contributed by atoms with Crippen molar-refractivity contribution in [2.75, 3.05) is 26.3 Å². The van der Waals surface area contributed by atoms with Gasteiger partial charge in [0.25, 0.3) is 0 Å². The van der Waals surface area contributed by atoms with Crippen molar-refractivity contribution in [3.8, 4) is 0 Å². The van der Waals surface area contributed by atoms with Crippen molar-refractivity contribution >= 4 is 5.91 Å². The molecule has 2 heterocycles. The first-order valence-electron chi connectivity index (χ1n) is 6.66. The van der Waals surface area contributed by atoms with E-state index in [1.807, 2.05) is 7.05 Å². The summed E-state index contributed by atoms with van der Waals surface area (Å²) in [6.45, 7) is 2.52. The Kier molecular flexibility index (Phi) is 5.29. The number of aromatic nitrogens is 3. The van der Waals surface area contributed by atoms with Crippen molar-refractivity contribution in [3.05, 3.63) is 12.2 Å². The molecule has 0 saturated carbocycles. The van der Waals surface area contributed by atoms with Crippen LogP contribution in [0.3, 0.4) is 0 Å². The van der Waals surface area contributed by atoms with Gasteiger partial charge >= 0.3 is 0 Å². The monoisotopic (exact) mass is 267 g/mol. The summed E-state index contributed by atoms with van der Waals surface area (Å²) in [6.07, 6.45) is 4.21. The van der Waals surface area contributed by atoms with Crippen LogP contribution in [0, 0.1) is 0 Å². The summed E-state index contributed by atoms with van der Waals surface area (Å²) in [5, 5.41) is 10.3. The maximum atomic E-state index is 11.7. The first-order valence-corrected chi connectivity index (χ1v) is 6.66. The molecule has 1 aromatic rings. The smallest absolute Gasteiger partial charge is 0.234 e. The SMILES string of the molecule is Cn1cnc(CCNCC(=O)NC2CCOCC2)n1. The lowest BCUT2D eigenvalue weighted by Gasteiger charge is -2.23. The molecule has 0 aliphatic carbocycles. The van der Waals surface area contributed by atoms with Crippen molar-refractivity contribution in [2.24, 2.45) is 7.05 Å². The van der Waals surface area contributed by atoms with Crippen LogP contribution < -0.4 is 10.6 Å². The first-order chi connectivity index (χ1) is 9.24. The van der Waals surface area contributed by atoms with Gasteiger partial charge in [0.15, 0.2) is 5.82 Å². The summed E-state index contributed by atoms with van der Waals surface area (Å²) in [5.41, 5.74) is 0. The summed E-state index contributed by atoms with van der Waals surface area (Å²) >= 11 is 0. The number of carbonyl (C=O) groups excluding carboxylic acids is 1. The predicted molar refractivity (Wildman–Crippen MR) is 69.6 cm³/mol. The molecule has 1 aromatic heterocycles. The number of ether oxygens (including phenoxy) is 1. The Hall–Kier alpha value is -1.47. The molecule has 0 radical (unpaired) electrons. The summed E-state index contributed by atoms with van der Waals surface area (Å²) in [6, 6.07) is 0.264. The van der Waals surface area contributed by atoms with Crippen molar-refractivity contribution in [1.82, 2.24) is 25.4 Å². The van der Waals surface area contributed by atoms with Crippen LogP contribution >= 0.6 is 0 Å². The van der Waals surface area contributed by atoms with Gasteiger partial charge in [-0.3, -0.25) is 9.48 Å². The molecule has 0 atom stereocenters. The quantitative estimate of drug-likeness (QED) is 0.662. The molecule has 2 N–H and O–H groups in total. The Bertz CT molecular complexity index is 401. The number of nitrogens with one attached hydrogen (secondary N) is 2. The third-order valence-corrected chi connectivity index (χ3v) is 3.04. The standard InChI is InChI=1S/C12H21N5O2/c1-17-9-14-11(16-17)2-5-13-8-12(18)15-10-3-6-19-7-4-10/h9-10,13H,2-8H2,1H3,(H,15,18). The molecule has 0 unspecified atom stereocenters. The molecule has 0 aromatic carbocycles. The van der Waals surface area contributed by atoms with Crippen LogP contribution in [-0.2, 0) is 23.0 Å². The van der Waals surface area contributed by atoms with Gasteiger partial charge in [-0.05, 0) is 12.8 Å². The third-order valence-electron chi connectivity index (χ3n) is 3.04. The van der Waals surface area contributed by atoms with Crippen molar-refractivity contribution in [1.29, 1.82) is 0 Å². The zero-order valence-corrected chi connectivity index (χ0v) is 11.3. The highest BCUT2D eigenvalue weighted by Crippen LogP contribution is 2.05. The van der Waals surface area contributed by atoms with Crippen molar-refractivity contribution < 1.29 is 9.53 Å². The fourth-order valence-corrected chi connectivity index (χ4v) is 2.02. The first kappa shape index (κ1) is 14.0. The lowest BCUT2D eigenvalue weighted by atomic mass is 10.1. The zero-order chi connectivity index (χ0) is 13.5. The number of hydrogen-bond donors (Lipinski definition) is 2. The minimum Gasteiger partial charge on any atom is -0.381 e. The Morgan fingerprint density at radius 3 is 3.00 bits per heavy atom. The molecule has 1 fully saturated rings. The summed E-state index contributed by atoms with van der Waals surface area (Å²) in [5.74, 6) is 0.834. The highest BCUT2D eigenvalue weighted by atomic mass is 16.5. The Labute approximate surface area is 112 Å². The van der Waals surface area contributed by atoms with E-state index >= 15 is 0 Å². The topological polar surface area (TPSA) is 81.1 Å². The van der Waals surface area contributed by atoms with E-state index in [0.29, 0.717) is 13.1 Å². The van der Waals surface area contributed by atoms with E-state index in [0.717, 1.165) is 38.3 Å². The lowest BCUT2D eigenvalue weighted by molar-refractivity contribution is -0.121. The maximum absolute atomic E-state index is 11.7. The highest BCUT2D eigenvalue weighted by molar-refractivity contribution is 5.78. The minimum absolute atomic E-state index is 0.0425. The van der Waals surface area contributed by atoms with Crippen LogP contribution in [-0.4, -0.2) is 53.0 Å². The largest absolute Gasteiger partial charge is 0.381 e. The number of nitrogens with zero attached hydrogens (tertiary/aromatic N) is 3. The number of amides is 1. The number of hydrogen-bond acceptors (Lipinski definition) is 5. The molecular formula is C12H21N5O2. The van der Waals surface area contributed by atoms with Crippen LogP contribution in [0.4, 0.5) is 0 Å². The molecule has 1 aliphatic rings. The molecule has 0 spiro atoms. The maximum Gasteiger partial charge on any atom is 0.234 e. The molecule has 1 amide bonds. The van der Waals surface area contributed by atoms with E-state index in [1.54, 1.807) is 11.0 Å². The van der Waals surface area contributed by atoms with E-state index in [1.165, 1.54) is 0 Å². The minimum atomic E-state index is 0.0425. The summed E-state index contributed by atoms with van der Waals surface area (Å²) in [4.78, 5) is 15.8. The normalized spacial score (nSPS) is 16.5. The molecule has 0 bridgehead atoms. The molecule has 7 heteroatoms. The van der Waals surface area contributed by atoms with Gasteiger partial charge in [-0.15, -0.1) is 0 Å². The lowest BCUT2D eigenvalue weighted by Crippen LogP contribution is -2.43. The highest BCUT2D eigenvalue weighted by Gasteiger charge is 2.15. The average molecular weight is 267 g/mol. The molecule has 1 aliphatic heterocycles. The summed E-state index contributed by atoms with van der Waals surface area (Å²) in [7, 11) is 1.84. The van der Waals surface area contributed by atoms with Gasteiger partial charge in [0.2, 0.25) is 5.91 Å². The second kappa shape index (κ2) is 7.20. The zero-order valence-electron chi connectivity index (χ0n) is 11.3. The van der Waals surface area contributed by atoms with E-state index in [9.17, 15) is 4.79 Å². The van der Waals surface area contributed by atoms with Gasteiger partial charge in [-0.2, -0.15) is 5.10 Å². The van der Waals surface area contributed by atoms with E-state index in [2.05, 4.69) is 20.7 Å². The Morgan fingerprint density at radius 2 is 2.32 bits per heavy atom. The molecule has 2 rings (SSSR count). The second-order valence-electron chi connectivity index (χ2n) is 4.72.